The van der Waals surface area contributed by atoms with Crippen molar-refractivity contribution in [1.82, 2.24) is 14.8 Å². The lowest BCUT2D eigenvalue weighted by molar-refractivity contribution is -0.116. The summed E-state index contributed by atoms with van der Waals surface area (Å²) < 4.78 is 14.5. The van der Waals surface area contributed by atoms with Gasteiger partial charge in [0.15, 0.2) is 0 Å². The van der Waals surface area contributed by atoms with Crippen LogP contribution >= 0.6 is 11.6 Å². The van der Waals surface area contributed by atoms with Gasteiger partial charge in [-0.25, -0.2) is 9.07 Å². The molecule has 3 rings (SSSR count). The first-order valence-electron chi connectivity index (χ1n) is 8.26. The Morgan fingerprint density at radius 3 is 2.81 bits per heavy atom. The van der Waals surface area contributed by atoms with E-state index in [2.05, 4.69) is 15.4 Å². The van der Waals surface area contributed by atoms with Crippen molar-refractivity contribution in [2.75, 3.05) is 5.32 Å². The monoisotopic (exact) mass is 386 g/mol. The largest absolute Gasteiger partial charge is 0.326 e. The van der Waals surface area contributed by atoms with Crippen LogP contribution in [0.4, 0.5) is 10.1 Å². The van der Waals surface area contributed by atoms with Crippen LogP contribution in [0.25, 0.3) is 11.3 Å². The first kappa shape index (κ1) is 18.7. The standard InChI is InChI=1S/C19H16ClFN4O2/c20-15-11-14(5-6-16(15)21)23-18(26)4-2-10-25-19(27)8-7-17(24-25)13-3-1-9-22-12-13/h1,3,5-9,11-12H,2,4,10H2,(H,23,26). The van der Waals surface area contributed by atoms with E-state index >= 15 is 0 Å². The minimum Gasteiger partial charge on any atom is -0.326 e. The highest BCUT2D eigenvalue weighted by molar-refractivity contribution is 6.31. The van der Waals surface area contributed by atoms with Crippen LogP contribution in [-0.4, -0.2) is 20.7 Å². The van der Waals surface area contributed by atoms with Gasteiger partial charge in [0.2, 0.25) is 5.91 Å². The van der Waals surface area contributed by atoms with Gasteiger partial charge >= 0.3 is 0 Å². The summed E-state index contributed by atoms with van der Waals surface area (Å²) in [5, 5.41) is 6.90. The SMILES string of the molecule is O=C(CCCn1nc(-c2cccnc2)ccc1=O)Nc1ccc(F)c(Cl)c1. The predicted molar refractivity (Wildman–Crippen MR) is 101 cm³/mol. The van der Waals surface area contributed by atoms with Gasteiger partial charge in [-0.2, -0.15) is 5.10 Å². The number of carbonyl (C=O) groups excluding carboxylic acids is 1. The third kappa shape index (κ3) is 4.98. The molecule has 0 aliphatic carbocycles. The van der Waals surface area contributed by atoms with Gasteiger partial charge in [-0.05, 0) is 42.8 Å². The van der Waals surface area contributed by atoms with Crippen molar-refractivity contribution in [3.8, 4) is 11.3 Å². The molecule has 2 aromatic heterocycles. The Morgan fingerprint density at radius 1 is 1.22 bits per heavy atom. The lowest BCUT2D eigenvalue weighted by Crippen LogP contribution is -2.23. The maximum absolute atomic E-state index is 13.1. The van der Waals surface area contributed by atoms with Gasteiger partial charge in [0, 0.05) is 42.7 Å². The molecule has 2 heterocycles. The summed E-state index contributed by atoms with van der Waals surface area (Å²) in [4.78, 5) is 28.0. The molecule has 0 aliphatic rings. The lowest BCUT2D eigenvalue weighted by atomic mass is 10.2. The van der Waals surface area contributed by atoms with Crippen LogP contribution in [0, 0.1) is 5.82 Å². The summed E-state index contributed by atoms with van der Waals surface area (Å²) in [6.07, 6.45) is 3.93. The van der Waals surface area contributed by atoms with Crippen molar-refractivity contribution >= 4 is 23.2 Å². The van der Waals surface area contributed by atoms with Crippen LogP contribution in [0.3, 0.4) is 0 Å². The van der Waals surface area contributed by atoms with Gasteiger partial charge in [-0.15, -0.1) is 0 Å². The fraction of sp³-hybridized carbons (Fsp3) is 0.158. The number of aromatic nitrogens is 3. The van der Waals surface area contributed by atoms with Gasteiger partial charge in [0.05, 0.1) is 10.7 Å². The number of anilines is 1. The Kier molecular flexibility index (Phi) is 5.93. The average Bonchev–Trinajstić information content (AvgIpc) is 2.67. The molecule has 0 bridgehead atoms. The van der Waals surface area contributed by atoms with Gasteiger partial charge in [0.25, 0.3) is 5.56 Å². The van der Waals surface area contributed by atoms with Crippen molar-refractivity contribution in [2.45, 2.75) is 19.4 Å². The first-order valence-corrected chi connectivity index (χ1v) is 8.64. The zero-order chi connectivity index (χ0) is 19.2. The molecular weight excluding hydrogens is 371 g/mol. The summed E-state index contributed by atoms with van der Waals surface area (Å²) in [7, 11) is 0. The Labute approximate surface area is 159 Å². The summed E-state index contributed by atoms with van der Waals surface area (Å²) in [6, 6.07) is 10.7. The van der Waals surface area contributed by atoms with Crippen LogP contribution < -0.4 is 10.9 Å². The molecule has 0 saturated heterocycles. The molecular formula is C19H16ClFN4O2. The molecule has 1 aromatic carbocycles. The summed E-state index contributed by atoms with van der Waals surface area (Å²) in [6.45, 7) is 0.296. The number of amides is 1. The highest BCUT2D eigenvalue weighted by Crippen LogP contribution is 2.19. The number of nitrogens with one attached hydrogen (secondary N) is 1. The molecule has 1 N–H and O–H groups in total. The fourth-order valence-electron chi connectivity index (χ4n) is 2.46. The summed E-state index contributed by atoms with van der Waals surface area (Å²) in [5.41, 5.74) is 1.61. The molecule has 27 heavy (non-hydrogen) atoms. The van der Waals surface area contributed by atoms with Gasteiger partial charge in [0.1, 0.15) is 5.82 Å². The smallest absolute Gasteiger partial charge is 0.266 e. The molecule has 0 unspecified atom stereocenters. The van der Waals surface area contributed by atoms with E-state index in [4.69, 9.17) is 11.6 Å². The van der Waals surface area contributed by atoms with E-state index in [1.807, 2.05) is 6.07 Å². The van der Waals surface area contributed by atoms with Crippen LogP contribution in [0.2, 0.25) is 5.02 Å². The van der Waals surface area contributed by atoms with Crippen LogP contribution in [0.5, 0.6) is 0 Å². The Hall–Kier alpha value is -3.06. The van der Waals surface area contributed by atoms with Gasteiger partial charge in [-0.1, -0.05) is 11.6 Å². The van der Waals surface area contributed by atoms with Crippen molar-refractivity contribution in [1.29, 1.82) is 0 Å². The van der Waals surface area contributed by atoms with Crippen LogP contribution in [0.15, 0.2) is 59.7 Å². The van der Waals surface area contributed by atoms with E-state index in [1.165, 1.54) is 28.9 Å². The van der Waals surface area contributed by atoms with Gasteiger partial charge < -0.3 is 5.32 Å². The third-order valence-corrected chi connectivity index (χ3v) is 4.09. The summed E-state index contributed by atoms with van der Waals surface area (Å²) in [5.74, 6) is -0.803. The molecule has 0 atom stereocenters. The third-order valence-electron chi connectivity index (χ3n) is 3.80. The van der Waals surface area contributed by atoms with Crippen LogP contribution in [0.1, 0.15) is 12.8 Å². The lowest BCUT2D eigenvalue weighted by Gasteiger charge is -2.08. The molecule has 0 aliphatic heterocycles. The minimum absolute atomic E-state index is 0.0595. The molecule has 138 valence electrons. The number of pyridine rings is 1. The molecule has 0 fully saturated rings. The number of hydrogen-bond donors (Lipinski definition) is 1. The van der Waals surface area contributed by atoms with E-state index in [0.29, 0.717) is 24.3 Å². The van der Waals surface area contributed by atoms with Gasteiger partial charge in [-0.3, -0.25) is 14.6 Å². The molecule has 0 spiro atoms. The summed E-state index contributed by atoms with van der Waals surface area (Å²) >= 11 is 5.69. The number of aryl methyl sites for hydroxylation is 1. The second kappa shape index (κ2) is 8.55. The van der Waals surface area contributed by atoms with Crippen molar-refractivity contribution < 1.29 is 9.18 Å². The number of rotatable bonds is 6. The van der Waals surface area contributed by atoms with E-state index in [9.17, 15) is 14.0 Å². The Morgan fingerprint density at radius 2 is 2.07 bits per heavy atom. The van der Waals surface area contributed by atoms with E-state index in [0.717, 1.165) is 5.56 Å². The quantitative estimate of drug-likeness (QED) is 0.703. The van der Waals surface area contributed by atoms with E-state index < -0.39 is 5.82 Å². The highest BCUT2D eigenvalue weighted by Gasteiger charge is 2.07. The van der Waals surface area contributed by atoms with Crippen molar-refractivity contribution in [3.05, 3.63) is 76.1 Å². The first-order chi connectivity index (χ1) is 13.0. The van der Waals surface area contributed by atoms with E-state index in [-0.39, 0.29) is 22.9 Å². The maximum atomic E-state index is 13.1. The van der Waals surface area contributed by atoms with E-state index in [1.54, 1.807) is 24.5 Å². The fourth-order valence-corrected chi connectivity index (χ4v) is 2.64. The number of halogens is 2. The highest BCUT2D eigenvalue weighted by atomic mass is 35.5. The second-order valence-electron chi connectivity index (χ2n) is 5.80. The topological polar surface area (TPSA) is 76.9 Å². The van der Waals surface area contributed by atoms with Crippen LogP contribution in [-0.2, 0) is 11.3 Å². The molecule has 1 amide bonds. The maximum Gasteiger partial charge on any atom is 0.266 e. The Bertz CT molecular complexity index is 1010. The molecule has 0 saturated carbocycles. The number of benzene rings is 1. The normalized spacial score (nSPS) is 10.6. The number of hydrogen-bond acceptors (Lipinski definition) is 4. The zero-order valence-corrected chi connectivity index (χ0v) is 15.0. The molecule has 8 heteroatoms. The Balaban J connectivity index is 1.59. The number of carbonyl (C=O) groups is 1. The average molecular weight is 387 g/mol. The van der Waals surface area contributed by atoms with Crippen molar-refractivity contribution in [2.24, 2.45) is 0 Å². The van der Waals surface area contributed by atoms with Crippen molar-refractivity contribution in [3.63, 3.8) is 0 Å². The zero-order valence-electron chi connectivity index (χ0n) is 14.2. The predicted octanol–water partition coefficient (Wildman–Crippen LogP) is 3.52. The molecule has 0 radical (unpaired) electrons. The molecule has 6 nitrogen and oxygen atoms in total. The molecule has 3 aromatic rings. The minimum atomic E-state index is -0.548. The second-order valence-corrected chi connectivity index (χ2v) is 6.21. The number of nitrogens with zero attached hydrogens (tertiary/aromatic N) is 3.